The van der Waals surface area contributed by atoms with Gasteiger partial charge in [-0.25, -0.2) is 0 Å². The molecule has 1 saturated heterocycles. The second-order valence-corrected chi connectivity index (χ2v) is 6.63. The smallest absolute Gasteiger partial charge is 0.312 e. The van der Waals surface area contributed by atoms with Crippen LogP contribution in [-0.4, -0.2) is 50.0 Å². The molecule has 1 aliphatic heterocycles. The van der Waals surface area contributed by atoms with Crippen LogP contribution in [0.1, 0.15) is 24.2 Å². The Morgan fingerprint density at radius 3 is 2.76 bits per heavy atom. The van der Waals surface area contributed by atoms with E-state index in [1.165, 1.54) is 4.68 Å². The average Bonchev–Trinajstić information content (AvgIpc) is 2.72. The summed E-state index contributed by atoms with van der Waals surface area (Å²) in [6, 6.07) is 0.468. The van der Waals surface area contributed by atoms with Crippen molar-refractivity contribution in [3.05, 3.63) is 21.5 Å². The summed E-state index contributed by atoms with van der Waals surface area (Å²) in [7, 11) is 0. The number of aryl methyl sites for hydroxylation is 1. The Bertz CT molecular complexity index is 500. The van der Waals surface area contributed by atoms with E-state index in [-0.39, 0.29) is 12.2 Å². The number of hydrogen-bond acceptors (Lipinski definition) is 6. The molecule has 1 aromatic rings. The van der Waals surface area contributed by atoms with Gasteiger partial charge in [-0.2, -0.15) is 16.9 Å². The van der Waals surface area contributed by atoms with Crippen molar-refractivity contribution in [2.75, 3.05) is 18.1 Å². The second kappa shape index (κ2) is 7.24. The Labute approximate surface area is 128 Å². The zero-order valence-electron chi connectivity index (χ0n) is 12.4. The van der Waals surface area contributed by atoms with E-state index in [0.29, 0.717) is 24.0 Å². The van der Waals surface area contributed by atoms with Gasteiger partial charge in [0.05, 0.1) is 17.6 Å². The molecule has 0 aromatic carbocycles. The highest BCUT2D eigenvalue weighted by Gasteiger charge is 2.23. The summed E-state index contributed by atoms with van der Waals surface area (Å²) in [5.41, 5.74) is 0.923. The third kappa shape index (κ3) is 4.18. The first-order valence-electron chi connectivity index (χ1n) is 7.16. The van der Waals surface area contributed by atoms with E-state index in [2.05, 4.69) is 10.4 Å². The number of nitro groups is 1. The number of hydrogen-bond donors (Lipinski definition) is 2. The summed E-state index contributed by atoms with van der Waals surface area (Å²) in [4.78, 5) is 10.5. The maximum atomic E-state index is 10.9. The van der Waals surface area contributed by atoms with E-state index in [9.17, 15) is 15.2 Å². The first-order valence-corrected chi connectivity index (χ1v) is 8.32. The predicted octanol–water partition coefficient (Wildman–Crippen LogP) is 1.25. The van der Waals surface area contributed by atoms with Crippen molar-refractivity contribution < 1.29 is 10.0 Å². The summed E-state index contributed by atoms with van der Waals surface area (Å²) in [6.07, 6.45) is 1.66. The molecule has 2 heterocycles. The van der Waals surface area contributed by atoms with Crippen LogP contribution < -0.4 is 5.32 Å². The van der Waals surface area contributed by atoms with E-state index in [4.69, 9.17) is 0 Å². The highest BCUT2D eigenvalue weighted by Crippen LogP contribution is 2.22. The molecule has 0 amide bonds. The zero-order chi connectivity index (χ0) is 15.4. The van der Waals surface area contributed by atoms with Crippen LogP contribution in [0.4, 0.5) is 5.69 Å². The molecular weight excluding hydrogens is 292 g/mol. The van der Waals surface area contributed by atoms with Gasteiger partial charge in [0.15, 0.2) is 0 Å². The van der Waals surface area contributed by atoms with E-state index >= 15 is 0 Å². The molecule has 1 aromatic heterocycles. The SMILES string of the molecule is Cc1nn(CC(O)CNC2CCSCC2)c(C)c1[N+](=O)[O-]. The molecule has 0 saturated carbocycles. The van der Waals surface area contributed by atoms with Crippen LogP contribution in [0.5, 0.6) is 0 Å². The Morgan fingerprint density at radius 1 is 1.52 bits per heavy atom. The van der Waals surface area contributed by atoms with E-state index in [1.807, 2.05) is 11.8 Å². The van der Waals surface area contributed by atoms with Gasteiger partial charge < -0.3 is 10.4 Å². The number of nitrogens with zero attached hydrogens (tertiary/aromatic N) is 3. The maximum Gasteiger partial charge on any atom is 0.312 e. The topological polar surface area (TPSA) is 93.2 Å². The van der Waals surface area contributed by atoms with Gasteiger partial charge in [-0.3, -0.25) is 14.8 Å². The largest absolute Gasteiger partial charge is 0.390 e. The van der Waals surface area contributed by atoms with Crippen molar-refractivity contribution in [3.8, 4) is 0 Å². The number of rotatable bonds is 6. The van der Waals surface area contributed by atoms with Crippen molar-refractivity contribution in [1.82, 2.24) is 15.1 Å². The molecule has 1 fully saturated rings. The standard InChI is InChI=1S/C13H22N4O3S/c1-9-13(17(19)20)10(2)16(15-9)8-12(18)7-14-11-3-5-21-6-4-11/h11-12,14,18H,3-8H2,1-2H3. The third-order valence-corrected chi connectivity index (χ3v) is 4.82. The molecule has 7 nitrogen and oxygen atoms in total. The molecule has 0 spiro atoms. The minimum absolute atomic E-state index is 0.0412. The summed E-state index contributed by atoms with van der Waals surface area (Å²) in [6.45, 7) is 4.04. The average molecular weight is 314 g/mol. The van der Waals surface area contributed by atoms with Gasteiger partial charge in [-0.15, -0.1) is 0 Å². The molecular formula is C13H22N4O3S. The second-order valence-electron chi connectivity index (χ2n) is 5.41. The van der Waals surface area contributed by atoms with Crippen LogP contribution >= 0.6 is 11.8 Å². The highest BCUT2D eigenvalue weighted by atomic mass is 32.2. The van der Waals surface area contributed by atoms with Crippen molar-refractivity contribution >= 4 is 17.4 Å². The Balaban J connectivity index is 1.89. The Kier molecular flexibility index (Phi) is 5.60. The van der Waals surface area contributed by atoms with Gasteiger partial charge >= 0.3 is 5.69 Å². The number of aromatic nitrogens is 2. The third-order valence-electron chi connectivity index (χ3n) is 3.77. The molecule has 118 valence electrons. The van der Waals surface area contributed by atoms with Crippen LogP contribution in [0.25, 0.3) is 0 Å². The minimum Gasteiger partial charge on any atom is -0.390 e. The zero-order valence-corrected chi connectivity index (χ0v) is 13.2. The lowest BCUT2D eigenvalue weighted by molar-refractivity contribution is -0.386. The summed E-state index contributed by atoms with van der Waals surface area (Å²) >= 11 is 1.96. The molecule has 21 heavy (non-hydrogen) atoms. The van der Waals surface area contributed by atoms with E-state index in [1.54, 1.807) is 13.8 Å². The van der Waals surface area contributed by atoms with Crippen molar-refractivity contribution in [2.24, 2.45) is 0 Å². The lowest BCUT2D eigenvalue weighted by Gasteiger charge is -2.24. The van der Waals surface area contributed by atoms with Crippen LogP contribution in [-0.2, 0) is 6.54 Å². The molecule has 0 bridgehead atoms. The van der Waals surface area contributed by atoms with Gasteiger partial charge in [-0.1, -0.05) is 0 Å². The molecule has 0 aliphatic carbocycles. The van der Waals surface area contributed by atoms with Crippen LogP contribution in [0.3, 0.4) is 0 Å². The van der Waals surface area contributed by atoms with E-state index < -0.39 is 11.0 Å². The molecule has 2 rings (SSSR count). The van der Waals surface area contributed by atoms with Crippen LogP contribution in [0, 0.1) is 24.0 Å². The quantitative estimate of drug-likeness (QED) is 0.606. The van der Waals surface area contributed by atoms with Gasteiger partial charge in [0.2, 0.25) is 0 Å². The fraction of sp³-hybridized carbons (Fsp3) is 0.769. The van der Waals surface area contributed by atoms with Crippen molar-refractivity contribution in [1.29, 1.82) is 0 Å². The van der Waals surface area contributed by atoms with Crippen molar-refractivity contribution in [3.63, 3.8) is 0 Å². The highest BCUT2D eigenvalue weighted by molar-refractivity contribution is 7.99. The summed E-state index contributed by atoms with van der Waals surface area (Å²) in [5.74, 6) is 2.33. The predicted molar refractivity (Wildman–Crippen MR) is 82.7 cm³/mol. The number of aliphatic hydroxyl groups is 1. The maximum absolute atomic E-state index is 10.9. The van der Waals surface area contributed by atoms with E-state index in [0.717, 1.165) is 24.3 Å². The Morgan fingerprint density at radius 2 is 2.19 bits per heavy atom. The lowest BCUT2D eigenvalue weighted by atomic mass is 10.1. The fourth-order valence-corrected chi connectivity index (χ4v) is 3.70. The normalized spacial score (nSPS) is 17.9. The molecule has 2 N–H and O–H groups in total. The lowest BCUT2D eigenvalue weighted by Crippen LogP contribution is -2.39. The monoisotopic (exact) mass is 314 g/mol. The van der Waals surface area contributed by atoms with Crippen molar-refractivity contribution in [2.45, 2.75) is 45.4 Å². The number of thioether (sulfide) groups is 1. The molecule has 0 radical (unpaired) electrons. The molecule has 1 unspecified atom stereocenters. The van der Waals surface area contributed by atoms with Gasteiger partial charge in [-0.05, 0) is 38.2 Å². The molecule has 8 heteroatoms. The molecule has 1 aliphatic rings. The number of aliphatic hydroxyl groups excluding tert-OH is 1. The van der Waals surface area contributed by atoms with Gasteiger partial charge in [0, 0.05) is 12.6 Å². The summed E-state index contributed by atoms with van der Waals surface area (Å²) in [5, 5.41) is 28.6. The first kappa shape index (κ1) is 16.3. The minimum atomic E-state index is -0.600. The fourth-order valence-electron chi connectivity index (χ4n) is 2.60. The molecule has 1 atom stereocenters. The summed E-state index contributed by atoms with van der Waals surface area (Å²) < 4.78 is 1.52. The Hall–Kier alpha value is -1.12. The first-order chi connectivity index (χ1) is 9.99. The van der Waals surface area contributed by atoms with Crippen LogP contribution in [0.15, 0.2) is 0 Å². The van der Waals surface area contributed by atoms with Gasteiger partial charge in [0.25, 0.3) is 0 Å². The van der Waals surface area contributed by atoms with Gasteiger partial charge in [0.1, 0.15) is 11.4 Å². The number of nitrogens with one attached hydrogen (secondary N) is 1. The van der Waals surface area contributed by atoms with Crippen LogP contribution in [0.2, 0.25) is 0 Å².